The number of nitrogens with zero attached hydrogens (tertiary/aromatic N) is 4. The highest BCUT2D eigenvalue weighted by molar-refractivity contribution is 5.31. The van der Waals surface area contributed by atoms with E-state index in [0.717, 1.165) is 11.4 Å². The first-order valence-corrected chi connectivity index (χ1v) is 3.91. The Bertz CT molecular complexity index is 381. The Balaban J connectivity index is 2.51. The number of hydrogen-bond donors (Lipinski definition) is 1. The molecule has 0 radical (unpaired) electrons. The van der Waals surface area contributed by atoms with Gasteiger partial charge in [0.1, 0.15) is 12.7 Å². The van der Waals surface area contributed by atoms with Crippen LogP contribution in [0.15, 0.2) is 31.0 Å². The standard InChI is InChI=1S/C8H9N5/c9-4-7-2-1-3-11-8(7)13-6-10-5-12-13/h1-3,5-6H,4,9H2. The fourth-order valence-corrected chi connectivity index (χ4v) is 1.11. The van der Waals surface area contributed by atoms with Crippen molar-refractivity contribution in [2.75, 3.05) is 0 Å². The zero-order chi connectivity index (χ0) is 9.10. The first kappa shape index (κ1) is 7.88. The molecule has 5 nitrogen and oxygen atoms in total. The van der Waals surface area contributed by atoms with E-state index in [0.29, 0.717) is 6.54 Å². The van der Waals surface area contributed by atoms with Crippen LogP contribution in [0.3, 0.4) is 0 Å². The predicted octanol–water partition coefficient (Wildman–Crippen LogP) is 0.121. The lowest BCUT2D eigenvalue weighted by molar-refractivity contribution is 0.822. The third-order valence-electron chi connectivity index (χ3n) is 1.72. The van der Waals surface area contributed by atoms with Crippen molar-refractivity contribution in [3.8, 4) is 5.82 Å². The molecule has 0 unspecified atom stereocenters. The van der Waals surface area contributed by atoms with Crippen LogP contribution in [0.4, 0.5) is 0 Å². The molecule has 0 amide bonds. The van der Waals surface area contributed by atoms with Gasteiger partial charge in [0.2, 0.25) is 0 Å². The lowest BCUT2D eigenvalue weighted by Crippen LogP contribution is -2.06. The Labute approximate surface area is 75.2 Å². The van der Waals surface area contributed by atoms with E-state index in [9.17, 15) is 0 Å². The highest BCUT2D eigenvalue weighted by atomic mass is 15.3. The Kier molecular flexibility index (Phi) is 2.01. The molecule has 5 heteroatoms. The number of rotatable bonds is 2. The number of nitrogens with two attached hydrogens (primary N) is 1. The van der Waals surface area contributed by atoms with Gasteiger partial charge in [-0.1, -0.05) is 6.07 Å². The van der Waals surface area contributed by atoms with Crippen molar-refractivity contribution in [1.29, 1.82) is 0 Å². The summed E-state index contributed by atoms with van der Waals surface area (Å²) in [6.45, 7) is 0.447. The molecule has 66 valence electrons. The lowest BCUT2D eigenvalue weighted by atomic mass is 10.2. The van der Waals surface area contributed by atoms with Gasteiger partial charge in [-0.25, -0.2) is 14.6 Å². The molecule has 2 heterocycles. The molecule has 2 N–H and O–H groups in total. The van der Waals surface area contributed by atoms with E-state index in [2.05, 4.69) is 15.1 Å². The van der Waals surface area contributed by atoms with E-state index in [4.69, 9.17) is 5.73 Å². The summed E-state index contributed by atoms with van der Waals surface area (Å²) in [7, 11) is 0. The summed E-state index contributed by atoms with van der Waals surface area (Å²) in [5.41, 5.74) is 6.51. The summed E-state index contributed by atoms with van der Waals surface area (Å²) >= 11 is 0. The Morgan fingerprint density at radius 3 is 3.08 bits per heavy atom. The van der Waals surface area contributed by atoms with Crippen molar-refractivity contribution in [2.24, 2.45) is 5.73 Å². The molecule has 0 aliphatic carbocycles. The molecule has 0 aromatic carbocycles. The van der Waals surface area contributed by atoms with E-state index in [1.54, 1.807) is 17.2 Å². The number of aromatic nitrogens is 4. The second-order valence-electron chi connectivity index (χ2n) is 2.53. The molecule has 2 rings (SSSR count). The van der Waals surface area contributed by atoms with Gasteiger partial charge in [-0.2, -0.15) is 5.10 Å². The molecule has 0 aliphatic heterocycles. The molecule has 0 aliphatic rings. The molecule has 0 fully saturated rings. The second-order valence-corrected chi connectivity index (χ2v) is 2.53. The maximum Gasteiger partial charge on any atom is 0.159 e. The zero-order valence-electron chi connectivity index (χ0n) is 6.96. The van der Waals surface area contributed by atoms with Crippen LogP contribution < -0.4 is 5.73 Å². The van der Waals surface area contributed by atoms with E-state index in [1.807, 2.05) is 12.1 Å². The van der Waals surface area contributed by atoms with Crippen LogP contribution in [0, 0.1) is 0 Å². The van der Waals surface area contributed by atoms with Crippen LogP contribution in [0.2, 0.25) is 0 Å². The van der Waals surface area contributed by atoms with Gasteiger partial charge in [0.05, 0.1) is 0 Å². The van der Waals surface area contributed by atoms with Crippen LogP contribution in [0.5, 0.6) is 0 Å². The first-order chi connectivity index (χ1) is 6.42. The topological polar surface area (TPSA) is 69.6 Å². The molecular weight excluding hydrogens is 166 g/mol. The minimum absolute atomic E-state index is 0.447. The average molecular weight is 175 g/mol. The van der Waals surface area contributed by atoms with Gasteiger partial charge in [0.15, 0.2) is 5.82 Å². The van der Waals surface area contributed by atoms with Crippen molar-refractivity contribution in [3.05, 3.63) is 36.5 Å². The SMILES string of the molecule is NCc1cccnc1-n1cncn1. The second kappa shape index (κ2) is 3.32. The largest absolute Gasteiger partial charge is 0.326 e. The maximum absolute atomic E-state index is 5.56. The molecule has 2 aromatic heterocycles. The smallest absolute Gasteiger partial charge is 0.159 e. The third-order valence-corrected chi connectivity index (χ3v) is 1.72. The minimum atomic E-state index is 0.447. The molecule has 0 atom stereocenters. The monoisotopic (exact) mass is 175 g/mol. The summed E-state index contributed by atoms with van der Waals surface area (Å²) in [5, 5.41) is 3.98. The van der Waals surface area contributed by atoms with E-state index in [-0.39, 0.29) is 0 Å². The summed E-state index contributed by atoms with van der Waals surface area (Å²) in [6, 6.07) is 3.77. The Morgan fingerprint density at radius 1 is 1.46 bits per heavy atom. The van der Waals surface area contributed by atoms with Crippen LogP contribution in [0.1, 0.15) is 5.56 Å². The van der Waals surface area contributed by atoms with Crippen molar-refractivity contribution < 1.29 is 0 Å². The predicted molar refractivity (Wildman–Crippen MR) is 47.0 cm³/mol. The molecule has 0 bridgehead atoms. The number of pyridine rings is 1. The summed E-state index contributed by atoms with van der Waals surface area (Å²) in [6.07, 6.45) is 4.77. The van der Waals surface area contributed by atoms with Crippen LogP contribution in [-0.2, 0) is 6.54 Å². The van der Waals surface area contributed by atoms with Crippen molar-refractivity contribution >= 4 is 0 Å². The quantitative estimate of drug-likeness (QED) is 0.703. The average Bonchev–Trinajstić information content (AvgIpc) is 2.70. The van der Waals surface area contributed by atoms with Crippen molar-refractivity contribution in [1.82, 2.24) is 19.7 Å². The van der Waals surface area contributed by atoms with Gasteiger partial charge in [-0.15, -0.1) is 0 Å². The fourth-order valence-electron chi connectivity index (χ4n) is 1.11. The van der Waals surface area contributed by atoms with Crippen molar-refractivity contribution in [3.63, 3.8) is 0 Å². The van der Waals surface area contributed by atoms with E-state index < -0.39 is 0 Å². The molecule has 0 spiro atoms. The first-order valence-electron chi connectivity index (χ1n) is 3.91. The normalized spacial score (nSPS) is 10.2. The van der Waals surface area contributed by atoms with Gasteiger partial charge >= 0.3 is 0 Å². The van der Waals surface area contributed by atoms with Crippen LogP contribution in [-0.4, -0.2) is 19.7 Å². The maximum atomic E-state index is 5.56. The Hall–Kier alpha value is -1.75. The van der Waals surface area contributed by atoms with Gasteiger partial charge in [0.25, 0.3) is 0 Å². The molecule has 0 saturated carbocycles. The summed E-state index contributed by atoms with van der Waals surface area (Å²) in [4.78, 5) is 8.02. The van der Waals surface area contributed by atoms with Gasteiger partial charge in [0, 0.05) is 18.3 Å². The van der Waals surface area contributed by atoms with Gasteiger partial charge < -0.3 is 5.73 Å². The van der Waals surface area contributed by atoms with Crippen LogP contribution >= 0.6 is 0 Å². The highest BCUT2D eigenvalue weighted by Crippen LogP contribution is 2.07. The summed E-state index contributed by atoms with van der Waals surface area (Å²) in [5.74, 6) is 0.738. The Morgan fingerprint density at radius 2 is 2.38 bits per heavy atom. The van der Waals surface area contributed by atoms with Gasteiger partial charge in [-0.3, -0.25) is 0 Å². The fraction of sp³-hybridized carbons (Fsp3) is 0.125. The number of hydrogen-bond acceptors (Lipinski definition) is 4. The third kappa shape index (κ3) is 1.41. The minimum Gasteiger partial charge on any atom is -0.326 e. The zero-order valence-corrected chi connectivity index (χ0v) is 6.96. The van der Waals surface area contributed by atoms with Crippen LogP contribution in [0.25, 0.3) is 5.82 Å². The van der Waals surface area contributed by atoms with E-state index in [1.165, 1.54) is 6.33 Å². The highest BCUT2D eigenvalue weighted by Gasteiger charge is 2.03. The summed E-state index contributed by atoms with van der Waals surface area (Å²) < 4.78 is 1.60. The molecule has 13 heavy (non-hydrogen) atoms. The van der Waals surface area contributed by atoms with Gasteiger partial charge in [-0.05, 0) is 6.07 Å². The molecule has 2 aromatic rings. The van der Waals surface area contributed by atoms with E-state index >= 15 is 0 Å². The van der Waals surface area contributed by atoms with Crippen molar-refractivity contribution in [2.45, 2.75) is 6.54 Å². The lowest BCUT2D eigenvalue weighted by Gasteiger charge is -2.03. The molecular formula is C8H9N5. The molecule has 0 saturated heterocycles.